The predicted octanol–water partition coefficient (Wildman–Crippen LogP) is 1.08. The van der Waals surface area contributed by atoms with Gasteiger partial charge in [0, 0.05) is 6.54 Å². The Bertz CT molecular complexity index is 381. The minimum absolute atomic E-state index is 0.00163. The Labute approximate surface area is 102 Å². The first-order chi connectivity index (χ1) is 7.96. The lowest BCUT2D eigenvalue weighted by Gasteiger charge is -2.43. The molecule has 0 spiro atoms. The molecule has 1 aliphatic carbocycles. The van der Waals surface area contributed by atoms with Crippen molar-refractivity contribution in [2.75, 3.05) is 13.1 Å². The smallest absolute Gasteiger partial charge is 0.246 e. The number of hydrogen-bond donors (Lipinski definition) is 1. The topological polar surface area (TPSA) is 49.4 Å². The second kappa shape index (κ2) is 4.17. The number of carbonyl (C=O) groups is 2. The summed E-state index contributed by atoms with van der Waals surface area (Å²) in [6, 6.07) is 0. The van der Waals surface area contributed by atoms with E-state index in [0.29, 0.717) is 12.5 Å². The molecule has 1 saturated heterocycles. The van der Waals surface area contributed by atoms with Crippen LogP contribution in [0.3, 0.4) is 0 Å². The number of carbonyl (C=O) groups excluding carboxylic acids is 2. The normalized spacial score (nSPS) is 29.0. The van der Waals surface area contributed by atoms with E-state index in [1.807, 2.05) is 26.8 Å². The van der Waals surface area contributed by atoms with Crippen LogP contribution >= 0.6 is 0 Å². The number of rotatable bonds is 3. The molecule has 2 rings (SSSR count). The van der Waals surface area contributed by atoms with Crippen molar-refractivity contribution in [1.82, 2.24) is 10.2 Å². The Morgan fingerprint density at radius 3 is 2.65 bits per heavy atom. The highest BCUT2D eigenvalue weighted by atomic mass is 16.2. The van der Waals surface area contributed by atoms with Crippen molar-refractivity contribution in [2.45, 2.75) is 39.2 Å². The van der Waals surface area contributed by atoms with Crippen LogP contribution in [0.5, 0.6) is 0 Å². The summed E-state index contributed by atoms with van der Waals surface area (Å²) in [5.41, 5.74) is 0.531. The van der Waals surface area contributed by atoms with Gasteiger partial charge in [-0.05, 0) is 39.5 Å². The first-order valence-corrected chi connectivity index (χ1v) is 6.18. The second-order valence-corrected chi connectivity index (χ2v) is 5.39. The van der Waals surface area contributed by atoms with Crippen LogP contribution < -0.4 is 5.32 Å². The van der Waals surface area contributed by atoms with Crippen molar-refractivity contribution < 1.29 is 9.59 Å². The Morgan fingerprint density at radius 1 is 1.47 bits per heavy atom. The van der Waals surface area contributed by atoms with Gasteiger partial charge in [-0.2, -0.15) is 0 Å². The molecule has 1 unspecified atom stereocenters. The maximum atomic E-state index is 12.1. The molecule has 17 heavy (non-hydrogen) atoms. The summed E-state index contributed by atoms with van der Waals surface area (Å²) < 4.78 is 0. The lowest BCUT2D eigenvalue weighted by atomic mass is 9.90. The zero-order chi connectivity index (χ0) is 12.6. The molecule has 1 saturated carbocycles. The summed E-state index contributed by atoms with van der Waals surface area (Å²) in [5.74, 6) is 0.357. The van der Waals surface area contributed by atoms with E-state index in [9.17, 15) is 9.59 Å². The van der Waals surface area contributed by atoms with E-state index >= 15 is 0 Å². The molecule has 1 heterocycles. The molecule has 0 radical (unpaired) electrons. The van der Waals surface area contributed by atoms with Gasteiger partial charge < -0.3 is 10.2 Å². The van der Waals surface area contributed by atoms with Crippen LogP contribution in [0, 0.1) is 5.92 Å². The van der Waals surface area contributed by atoms with Gasteiger partial charge >= 0.3 is 0 Å². The van der Waals surface area contributed by atoms with Crippen molar-refractivity contribution in [2.24, 2.45) is 5.92 Å². The van der Waals surface area contributed by atoms with Crippen LogP contribution in [0.2, 0.25) is 0 Å². The van der Waals surface area contributed by atoms with Gasteiger partial charge in [-0.25, -0.2) is 0 Å². The van der Waals surface area contributed by atoms with Crippen LogP contribution in [0.1, 0.15) is 33.6 Å². The summed E-state index contributed by atoms with van der Waals surface area (Å²) >= 11 is 0. The van der Waals surface area contributed by atoms with Crippen LogP contribution in [0.4, 0.5) is 0 Å². The van der Waals surface area contributed by atoms with E-state index in [1.54, 1.807) is 4.90 Å². The lowest BCUT2D eigenvalue weighted by molar-refractivity contribution is -0.153. The SMILES string of the molecule is CC(C)=CCN1C(=O)CNC(=O)C1(C)C1CC1. The van der Waals surface area contributed by atoms with Crippen LogP contribution in [-0.4, -0.2) is 35.3 Å². The predicted molar refractivity (Wildman–Crippen MR) is 65.3 cm³/mol. The quantitative estimate of drug-likeness (QED) is 0.745. The van der Waals surface area contributed by atoms with Crippen molar-refractivity contribution in [3.05, 3.63) is 11.6 Å². The van der Waals surface area contributed by atoms with E-state index in [-0.39, 0.29) is 18.4 Å². The zero-order valence-electron chi connectivity index (χ0n) is 10.7. The molecule has 2 aliphatic rings. The van der Waals surface area contributed by atoms with Gasteiger partial charge in [-0.15, -0.1) is 0 Å². The zero-order valence-corrected chi connectivity index (χ0v) is 10.7. The van der Waals surface area contributed by atoms with E-state index in [4.69, 9.17) is 0 Å². The molecule has 4 heteroatoms. The van der Waals surface area contributed by atoms with Crippen molar-refractivity contribution in [3.8, 4) is 0 Å². The average Bonchev–Trinajstić information content (AvgIpc) is 3.07. The van der Waals surface area contributed by atoms with Crippen LogP contribution in [0.25, 0.3) is 0 Å². The maximum absolute atomic E-state index is 12.1. The van der Waals surface area contributed by atoms with Crippen molar-refractivity contribution in [1.29, 1.82) is 0 Å². The third-order valence-electron chi connectivity index (χ3n) is 3.78. The fourth-order valence-electron chi connectivity index (χ4n) is 2.43. The standard InChI is InChI=1S/C13H20N2O2/c1-9(2)6-7-15-11(16)8-14-12(17)13(15,3)10-4-5-10/h6,10H,4-5,7-8H2,1-3H3,(H,14,17). The Morgan fingerprint density at radius 2 is 2.12 bits per heavy atom. The highest BCUT2D eigenvalue weighted by molar-refractivity contribution is 5.98. The van der Waals surface area contributed by atoms with Crippen molar-refractivity contribution >= 4 is 11.8 Å². The molecule has 1 aliphatic heterocycles. The van der Waals surface area contributed by atoms with E-state index in [0.717, 1.165) is 12.8 Å². The molecule has 2 fully saturated rings. The van der Waals surface area contributed by atoms with E-state index < -0.39 is 5.54 Å². The molecular weight excluding hydrogens is 216 g/mol. The molecule has 94 valence electrons. The minimum Gasteiger partial charge on any atom is -0.345 e. The van der Waals surface area contributed by atoms with E-state index in [1.165, 1.54) is 5.57 Å². The molecule has 0 aromatic heterocycles. The Hall–Kier alpha value is -1.32. The van der Waals surface area contributed by atoms with Gasteiger partial charge in [0.05, 0.1) is 6.54 Å². The minimum atomic E-state index is -0.638. The fourth-order valence-corrected chi connectivity index (χ4v) is 2.43. The third-order valence-corrected chi connectivity index (χ3v) is 3.78. The molecule has 1 atom stereocenters. The highest BCUT2D eigenvalue weighted by Gasteiger charge is 2.54. The summed E-state index contributed by atoms with van der Waals surface area (Å²) in [6.45, 7) is 6.58. The third kappa shape index (κ3) is 2.08. The number of nitrogens with one attached hydrogen (secondary N) is 1. The van der Waals surface area contributed by atoms with Gasteiger partial charge in [0.15, 0.2) is 0 Å². The molecule has 0 bridgehead atoms. The monoisotopic (exact) mass is 236 g/mol. The number of piperazine rings is 1. The number of allylic oxidation sites excluding steroid dienone is 1. The maximum Gasteiger partial charge on any atom is 0.246 e. The summed E-state index contributed by atoms with van der Waals surface area (Å²) in [5, 5.41) is 2.71. The van der Waals surface area contributed by atoms with E-state index in [2.05, 4.69) is 5.32 Å². The van der Waals surface area contributed by atoms with Gasteiger partial charge in [-0.3, -0.25) is 9.59 Å². The van der Waals surface area contributed by atoms with Gasteiger partial charge in [0.1, 0.15) is 5.54 Å². The van der Waals surface area contributed by atoms with Crippen LogP contribution in [0.15, 0.2) is 11.6 Å². The summed E-state index contributed by atoms with van der Waals surface area (Å²) in [4.78, 5) is 25.8. The van der Waals surface area contributed by atoms with Crippen LogP contribution in [-0.2, 0) is 9.59 Å². The van der Waals surface area contributed by atoms with Gasteiger partial charge in [-0.1, -0.05) is 11.6 Å². The molecule has 4 nitrogen and oxygen atoms in total. The first kappa shape index (κ1) is 12.1. The molecule has 0 aromatic carbocycles. The largest absolute Gasteiger partial charge is 0.345 e. The number of nitrogens with zero attached hydrogens (tertiary/aromatic N) is 1. The first-order valence-electron chi connectivity index (χ1n) is 6.18. The molecule has 0 aromatic rings. The van der Waals surface area contributed by atoms with Gasteiger partial charge in [0.25, 0.3) is 0 Å². The summed E-state index contributed by atoms with van der Waals surface area (Å²) in [7, 11) is 0. The number of hydrogen-bond acceptors (Lipinski definition) is 2. The highest BCUT2D eigenvalue weighted by Crippen LogP contribution is 2.44. The lowest BCUT2D eigenvalue weighted by Crippen LogP contribution is -2.66. The molecule has 1 N–H and O–H groups in total. The van der Waals surface area contributed by atoms with Crippen molar-refractivity contribution in [3.63, 3.8) is 0 Å². The average molecular weight is 236 g/mol. The Balaban J connectivity index is 2.25. The number of amides is 2. The fraction of sp³-hybridized carbons (Fsp3) is 0.692. The Kier molecular flexibility index (Phi) is 2.98. The van der Waals surface area contributed by atoms with Gasteiger partial charge in [0.2, 0.25) is 11.8 Å². The summed E-state index contributed by atoms with van der Waals surface area (Å²) in [6.07, 6.45) is 4.10. The second-order valence-electron chi connectivity index (χ2n) is 5.39. The molecule has 2 amide bonds. The molecular formula is C13H20N2O2.